The van der Waals surface area contributed by atoms with Gasteiger partial charge >= 0.3 is 0 Å². The molecule has 0 bridgehead atoms. The Hall–Kier alpha value is -2.05. The molecule has 3 N–H and O–H groups in total. The fourth-order valence-electron chi connectivity index (χ4n) is 1.71. The minimum atomic E-state index is -3.61. The molecule has 0 amide bonds. The molecule has 106 valence electrons. The van der Waals surface area contributed by atoms with Gasteiger partial charge in [0.25, 0.3) is 10.0 Å². The largest absolute Gasteiger partial charge is 0.497 e. The quantitative estimate of drug-likeness (QED) is 0.882. The maximum Gasteiger partial charge on any atom is 0.261 e. The zero-order valence-corrected chi connectivity index (χ0v) is 11.9. The summed E-state index contributed by atoms with van der Waals surface area (Å²) in [5.41, 5.74) is 6.76. The molecule has 2 rings (SSSR count). The third-order valence-electron chi connectivity index (χ3n) is 2.79. The van der Waals surface area contributed by atoms with E-state index in [4.69, 9.17) is 10.5 Å². The second kappa shape index (κ2) is 5.94. The summed E-state index contributed by atoms with van der Waals surface area (Å²) in [6.45, 7) is 0.298. The summed E-state index contributed by atoms with van der Waals surface area (Å²) in [5.74, 6) is 0.665. The Morgan fingerprint density at radius 3 is 2.45 bits per heavy atom. The normalized spacial score (nSPS) is 11.1. The first kappa shape index (κ1) is 14.4. The molecule has 0 atom stereocenters. The van der Waals surface area contributed by atoms with E-state index < -0.39 is 10.0 Å². The Kier molecular flexibility index (Phi) is 4.26. The van der Waals surface area contributed by atoms with Crippen molar-refractivity contribution in [3.63, 3.8) is 0 Å². The maximum atomic E-state index is 12.2. The topological polar surface area (TPSA) is 81.4 Å². The molecule has 0 heterocycles. The van der Waals surface area contributed by atoms with Crippen LogP contribution in [0.3, 0.4) is 0 Å². The first-order valence-corrected chi connectivity index (χ1v) is 7.49. The minimum absolute atomic E-state index is 0.191. The van der Waals surface area contributed by atoms with Crippen molar-refractivity contribution in [3.8, 4) is 5.75 Å². The number of hydrogen-bond donors (Lipinski definition) is 2. The van der Waals surface area contributed by atoms with Crippen LogP contribution in [0.2, 0.25) is 0 Å². The summed E-state index contributed by atoms with van der Waals surface area (Å²) in [6.07, 6.45) is 0. The third-order valence-corrected chi connectivity index (χ3v) is 4.17. The zero-order valence-electron chi connectivity index (χ0n) is 11.0. The Balaban J connectivity index is 2.25. The van der Waals surface area contributed by atoms with Gasteiger partial charge in [-0.3, -0.25) is 4.72 Å². The van der Waals surface area contributed by atoms with Crippen molar-refractivity contribution in [1.29, 1.82) is 0 Å². The number of hydrogen-bond acceptors (Lipinski definition) is 4. The summed E-state index contributed by atoms with van der Waals surface area (Å²) in [6, 6.07) is 13.2. The smallest absolute Gasteiger partial charge is 0.261 e. The second-order valence-corrected chi connectivity index (χ2v) is 5.87. The predicted octanol–water partition coefficient (Wildman–Crippen LogP) is 1.95. The van der Waals surface area contributed by atoms with Crippen LogP contribution in [-0.2, 0) is 16.6 Å². The summed E-state index contributed by atoms with van der Waals surface area (Å²) < 4.78 is 32.0. The molecule has 2 aromatic carbocycles. The molecule has 0 radical (unpaired) electrons. The zero-order chi connectivity index (χ0) is 14.6. The molecule has 0 aliphatic heterocycles. The molecule has 2 aromatic rings. The number of anilines is 1. The van der Waals surface area contributed by atoms with Gasteiger partial charge in [0.1, 0.15) is 5.75 Å². The molecular weight excluding hydrogens is 276 g/mol. The van der Waals surface area contributed by atoms with E-state index in [2.05, 4.69) is 4.72 Å². The Labute approximate surface area is 118 Å². The third kappa shape index (κ3) is 3.28. The lowest BCUT2D eigenvalue weighted by molar-refractivity contribution is 0.415. The highest BCUT2D eigenvalue weighted by molar-refractivity contribution is 7.92. The highest BCUT2D eigenvalue weighted by atomic mass is 32.2. The number of benzene rings is 2. The highest BCUT2D eigenvalue weighted by Gasteiger charge is 2.14. The van der Waals surface area contributed by atoms with Crippen molar-refractivity contribution in [3.05, 3.63) is 54.1 Å². The number of methoxy groups -OCH3 is 1. The average Bonchev–Trinajstić information content (AvgIpc) is 2.48. The minimum Gasteiger partial charge on any atom is -0.497 e. The van der Waals surface area contributed by atoms with Crippen molar-refractivity contribution in [2.75, 3.05) is 11.8 Å². The molecule has 0 spiro atoms. The van der Waals surface area contributed by atoms with Crippen LogP contribution in [0.4, 0.5) is 5.69 Å². The fraction of sp³-hybridized carbons (Fsp3) is 0.143. The summed E-state index contributed by atoms with van der Waals surface area (Å²) >= 11 is 0. The van der Waals surface area contributed by atoms with E-state index in [-0.39, 0.29) is 4.90 Å². The maximum absolute atomic E-state index is 12.2. The van der Waals surface area contributed by atoms with E-state index in [1.807, 2.05) is 0 Å². The molecule has 6 heteroatoms. The van der Waals surface area contributed by atoms with E-state index in [0.29, 0.717) is 18.0 Å². The average molecular weight is 292 g/mol. The predicted molar refractivity (Wildman–Crippen MR) is 78.1 cm³/mol. The number of nitrogens with one attached hydrogen (secondary N) is 1. The molecule has 20 heavy (non-hydrogen) atoms. The van der Waals surface area contributed by atoms with E-state index in [1.54, 1.807) is 49.6 Å². The monoisotopic (exact) mass is 292 g/mol. The summed E-state index contributed by atoms with van der Waals surface area (Å²) in [7, 11) is -2.06. The van der Waals surface area contributed by atoms with Crippen LogP contribution < -0.4 is 15.2 Å². The Bertz CT molecular complexity index is 682. The van der Waals surface area contributed by atoms with Gasteiger partial charge in [-0.2, -0.15) is 0 Å². The number of sulfonamides is 1. The molecule has 0 unspecified atom stereocenters. The van der Waals surface area contributed by atoms with Crippen LogP contribution in [0.15, 0.2) is 53.4 Å². The molecule has 0 saturated carbocycles. The van der Waals surface area contributed by atoms with Crippen LogP contribution in [0.25, 0.3) is 0 Å². The van der Waals surface area contributed by atoms with Crippen LogP contribution in [0.1, 0.15) is 5.56 Å². The second-order valence-electron chi connectivity index (χ2n) is 4.19. The molecule has 0 saturated heterocycles. The van der Waals surface area contributed by atoms with Gasteiger partial charge < -0.3 is 10.5 Å². The van der Waals surface area contributed by atoms with Crippen LogP contribution in [0.5, 0.6) is 5.75 Å². The van der Waals surface area contributed by atoms with Crippen molar-refractivity contribution in [1.82, 2.24) is 0 Å². The van der Waals surface area contributed by atoms with Crippen molar-refractivity contribution in [2.24, 2.45) is 5.73 Å². The summed E-state index contributed by atoms with van der Waals surface area (Å²) in [5, 5.41) is 0. The lowest BCUT2D eigenvalue weighted by atomic mass is 10.2. The highest BCUT2D eigenvalue weighted by Crippen LogP contribution is 2.19. The standard InChI is InChI=1S/C14H16N2O3S/c1-19-13-7-5-12(6-8-13)16-20(17,18)14-4-2-3-11(9-14)10-15/h2-9,16H,10,15H2,1H3. The lowest BCUT2D eigenvalue weighted by Crippen LogP contribution is -2.13. The van der Waals surface area contributed by atoms with Gasteiger partial charge in [0.2, 0.25) is 0 Å². The van der Waals surface area contributed by atoms with Gasteiger partial charge in [0.15, 0.2) is 0 Å². The van der Waals surface area contributed by atoms with Gasteiger partial charge in [-0.15, -0.1) is 0 Å². The molecular formula is C14H16N2O3S. The van der Waals surface area contributed by atoms with Crippen LogP contribution in [-0.4, -0.2) is 15.5 Å². The van der Waals surface area contributed by atoms with E-state index >= 15 is 0 Å². The number of rotatable bonds is 5. The number of nitrogens with two attached hydrogens (primary N) is 1. The molecule has 0 aromatic heterocycles. The van der Waals surface area contributed by atoms with Gasteiger partial charge in [0, 0.05) is 12.2 Å². The summed E-state index contributed by atoms with van der Waals surface area (Å²) in [4.78, 5) is 0.191. The molecule has 0 aliphatic carbocycles. The van der Waals surface area contributed by atoms with E-state index in [1.165, 1.54) is 6.07 Å². The van der Waals surface area contributed by atoms with Gasteiger partial charge in [-0.1, -0.05) is 12.1 Å². The first-order valence-electron chi connectivity index (χ1n) is 6.01. The Morgan fingerprint density at radius 1 is 1.15 bits per heavy atom. The van der Waals surface area contributed by atoms with E-state index in [0.717, 1.165) is 5.56 Å². The number of ether oxygens (including phenoxy) is 1. The Morgan fingerprint density at radius 2 is 1.85 bits per heavy atom. The molecule has 0 aliphatic rings. The van der Waals surface area contributed by atoms with Gasteiger partial charge in [-0.05, 0) is 42.0 Å². The van der Waals surface area contributed by atoms with Gasteiger partial charge in [0.05, 0.1) is 12.0 Å². The molecule has 5 nitrogen and oxygen atoms in total. The van der Waals surface area contributed by atoms with Gasteiger partial charge in [-0.25, -0.2) is 8.42 Å². The van der Waals surface area contributed by atoms with Crippen LogP contribution >= 0.6 is 0 Å². The first-order chi connectivity index (χ1) is 9.55. The van der Waals surface area contributed by atoms with Crippen molar-refractivity contribution >= 4 is 15.7 Å². The van der Waals surface area contributed by atoms with E-state index in [9.17, 15) is 8.42 Å². The van der Waals surface area contributed by atoms with Crippen molar-refractivity contribution in [2.45, 2.75) is 11.4 Å². The lowest BCUT2D eigenvalue weighted by Gasteiger charge is -2.09. The fourth-order valence-corrected chi connectivity index (χ4v) is 2.84. The van der Waals surface area contributed by atoms with Crippen molar-refractivity contribution < 1.29 is 13.2 Å². The van der Waals surface area contributed by atoms with Crippen LogP contribution in [0, 0.1) is 0 Å². The SMILES string of the molecule is COc1ccc(NS(=O)(=O)c2cccc(CN)c2)cc1. The molecule has 0 fully saturated rings.